The van der Waals surface area contributed by atoms with Crippen LogP contribution in [0.25, 0.3) is 0 Å². The number of carboxylic acids is 1. The maximum absolute atomic E-state index is 11.5. The average Bonchev–Trinajstić information content (AvgIpc) is 2.68. The van der Waals surface area contributed by atoms with Gasteiger partial charge in [0, 0.05) is 5.56 Å². The van der Waals surface area contributed by atoms with E-state index in [0.29, 0.717) is 24.3 Å². The highest BCUT2D eigenvalue weighted by Gasteiger charge is 2.49. The van der Waals surface area contributed by atoms with Crippen molar-refractivity contribution in [1.82, 2.24) is 0 Å². The van der Waals surface area contributed by atoms with Gasteiger partial charge in [-0.1, -0.05) is 12.5 Å². The number of rotatable bonds is 2. The maximum atomic E-state index is 11.5. The largest absolute Gasteiger partial charge is 0.481 e. The Bertz CT molecular complexity index is 494. The van der Waals surface area contributed by atoms with Crippen molar-refractivity contribution in [1.29, 1.82) is 0 Å². The van der Waals surface area contributed by atoms with Crippen molar-refractivity contribution >= 4 is 21.9 Å². The number of fused-ring (bicyclic) bond motifs is 1. The molecule has 3 rings (SSSR count). The van der Waals surface area contributed by atoms with Crippen molar-refractivity contribution in [3.8, 4) is 11.5 Å². The second-order valence-corrected chi connectivity index (χ2v) is 5.25. The van der Waals surface area contributed by atoms with E-state index in [-0.39, 0.29) is 6.79 Å². The second-order valence-electron chi connectivity index (χ2n) is 4.40. The monoisotopic (exact) mass is 298 g/mol. The SMILES string of the molecule is O=C(O)C1(c2ccc(Br)c3c2OCO3)CCC1. The van der Waals surface area contributed by atoms with Crippen LogP contribution in [0.1, 0.15) is 24.8 Å². The van der Waals surface area contributed by atoms with Crippen molar-refractivity contribution in [2.24, 2.45) is 0 Å². The first kappa shape index (κ1) is 10.9. The van der Waals surface area contributed by atoms with Crippen LogP contribution in [-0.4, -0.2) is 17.9 Å². The third-order valence-corrected chi connectivity index (χ3v) is 4.23. The van der Waals surface area contributed by atoms with Gasteiger partial charge in [0.15, 0.2) is 11.5 Å². The number of halogens is 1. The molecule has 17 heavy (non-hydrogen) atoms. The Hall–Kier alpha value is -1.23. The molecule has 2 aliphatic rings. The summed E-state index contributed by atoms with van der Waals surface area (Å²) < 4.78 is 11.6. The van der Waals surface area contributed by atoms with Crippen molar-refractivity contribution in [2.45, 2.75) is 24.7 Å². The molecule has 0 radical (unpaired) electrons. The van der Waals surface area contributed by atoms with E-state index in [4.69, 9.17) is 9.47 Å². The zero-order chi connectivity index (χ0) is 12.0. The number of carbonyl (C=O) groups is 1. The molecule has 1 aliphatic heterocycles. The van der Waals surface area contributed by atoms with E-state index >= 15 is 0 Å². The third kappa shape index (κ3) is 1.38. The van der Waals surface area contributed by atoms with E-state index in [1.54, 1.807) is 0 Å². The fraction of sp³-hybridized carbons (Fsp3) is 0.417. The zero-order valence-corrected chi connectivity index (χ0v) is 10.6. The Balaban J connectivity index is 2.16. The van der Waals surface area contributed by atoms with Crippen molar-refractivity contribution < 1.29 is 19.4 Å². The standard InChI is InChI=1S/C12H11BrO4/c13-8-3-2-7(9-10(8)17-6-16-9)12(11(14)15)4-1-5-12/h2-3H,1,4-6H2,(H,14,15). The molecule has 1 N–H and O–H groups in total. The molecule has 0 bridgehead atoms. The van der Waals surface area contributed by atoms with Crippen molar-refractivity contribution in [3.63, 3.8) is 0 Å². The van der Waals surface area contributed by atoms with E-state index in [1.165, 1.54) is 0 Å². The van der Waals surface area contributed by atoms with Crippen LogP contribution >= 0.6 is 15.9 Å². The van der Waals surface area contributed by atoms with Gasteiger partial charge in [-0.3, -0.25) is 4.79 Å². The van der Waals surface area contributed by atoms with Crippen LogP contribution in [0.4, 0.5) is 0 Å². The van der Waals surface area contributed by atoms with Crippen LogP contribution in [0, 0.1) is 0 Å². The number of ether oxygens (including phenoxy) is 2. The summed E-state index contributed by atoms with van der Waals surface area (Å²) in [6.07, 6.45) is 2.28. The molecular weight excluding hydrogens is 288 g/mol. The minimum Gasteiger partial charge on any atom is -0.481 e. The van der Waals surface area contributed by atoms with Gasteiger partial charge in [0.05, 0.1) is 9.89 Å². The molecule has 0 spiro atoms. The highest BCUT2D eigenvalue weighted by Crippen LogP contribution is 2.52. The van der Waals surface area contributed by atoms with Gasteiger partial charge in [-0.05, 0) is 34.8 Å². The van der Waals surface area contributed by atoms with Gasteiger partial charge in [-0.25, -0.2) is 0 Å². The lowest BCUT2D eigenvalue weighted by Crippen LogP contribution is -2.42. The molecule has 1 aromatic carbocycles. The van der Waals surface area contributed by atoms with Crippen LogP contribution in [-0.2, 0) is 10.2 Å². The van der Waals surface area contributed by atoms with Gasteiger partial charge < -0.3 is 14.6 Å². The Morgan fingerprint density at radius 1 is 1.29 bits per heavy atom. The van der Waals surface area contributed by atoms with Crippen LogP contribution in [0.3, 0.4) is 0 Å². The van der Waals surface area contributed by atoms with Gasteiger partial charge >= 0.3 is 5.97 Å². The first-order valence-electron chi connectivity index (χ1n) is 5.47. The van der Waals surface area contributed by atoms with Crippen molar-refractivity contribution in [3.05, 3.63) is 22.2 Å². The number of benzene rings is 1. The molecule has 0 saturated heterocycles. The molecule has 0 amide bonds. The summed E-state index contributed by atoms with van der Waals surface area (Å²) in [5, 5.41) is 9.43. The molecule has 1 aliphatic carbocycles. The Morgan fingerprint density at radius 2 is 2.00 bits per heavy atom. The molecule has 4 nitrogen and oxygen atoms in total. The van der Waals surface area contributed by atoms with Gasteiger partial charge in [-0.2, -0.15) is 0 Å². The lowest BCUT2D eigenvalue weighted by Gasteiger charge is -2.38. The Labute approximate surface area is 107 Å². The molecule has 0 atom stereocenters. The maximum Gasteiger partial charge on any atom is 0.314 e. The molecule has 0 unspecified atom stereocenters. The van der Waals surface area contributed by atoms with Gasteiger partial charge in [0.25, 0.3) is 0 Å². The van der Waals surface area contributed by atoms with E-state index in [1.807, 2.05) is 12.1 Å². The van der Waals surface area contributed by atoms with Crippen LogP contribution in [0.15, 0.2) is 16.6 Å². The van der Waals surface area contributed by atoms with Crippen LogP contribution < -0.4 is 9.47 Å². The van der Waals surface area contributed by atoms with E-state index < -0.39 is 11.4 Å². The minimum absolute atomic E-state index is 0.153. The molecule has 90 valence electrons. The summed E-state index contributed by atoms with van der Waals surface area (Å²) in [6.45, 7) is 0.153. The fourth-order valence-corrected chi connectivity index (χ4v) is 2.90. The normalized spacial score (nSPS) is 19.8. The van der Waals surface area contributed by atoms with Crippen molar-refractivity contribution in [2.75, 3.05) is 6.79 Å². The van der Waals surface area contributed by atoms with E-state index in [9.17, 15) is 9.90 Å². The molecule has 1 aromatic rings. The van der Waals surface area contributed by atoms with Gasteiger partial charge in [-0.15, -0.1) is 0 Å². The number of aliphatic carboxylic acids is 1. The first-order valence-corrected chi connectivity index (χ1v) is 6.26. The first-order chi connectivity index (χ1) is 8.15. The Morgan fingerprint density at radius 3 is 2.59 bits per heavy atom. The Kier molecular flexibility index (Phi) is 2.33. The fourth-order valence-electron chi connectivity index (χ4n) is 2.47. The summed E-state index contributed by atoms with van der Waals surface area (Å²) in [7, 11) is 0. The topological polar surface area (TPSA) is 55.8 Å². The van der Waals surface area contributed by atoms with Crippen LogP contribution in [0.5, 0.6) is 11.5 Å². The summed E-state index contributed by atoms with van der Waals surface area (Å²) in [5.41, 5.74) is -0.0367. The minimum atomic E-state index is -0.779. The molecule has 1 saturated carbocycles. The zero-order valence-electron chi connectivity index (χ0n) is 9.03. The van der Waals surface area contributed by atoms with Gasteiger partial charge in [0.2, 0.25) is 6.79 Å². The predicted octanol–water partition coefficient (Wildman–Crippen LogP) is 2.68. The number of hydrogen-bond donors (Lipinski definition) is 1. The quantitative estimate of drug-likeness (QED) is 0.912. The lowest BCUT2D eigenvalue weighted by molar-refractivity contribution is -0.147. The average molecular weight is 299 g/mol. The van der Waals surface area contributed by atoms with E-state index in [2.05, 4.69) is 15.9 Å². The number of hydrogen-bond acceptors (Lipinski definition) is 3. The van der Waals surface area contributed by atoms with E-state index in [0.717, 1.165) is 16.5 Å². The summed E-state index contributed by atoms with van der Waals surface area (Å²) in [5.74, 6) is 0.431. The smallest absolute Gasteiger partial charge is 0.314 e. The summed E-state index contributed by atoms with van der Waals surface area (Å²) in [4.78, 5) is 11.5. The highest BCUT2D eigenvalue weighted by molar-refractivity contribution is 9.10. The predicted molar refractivity (Wildman–Crippen MR) is 63.4 cm³/mol. The molecule has 5 heteroatoms. The summed E-state index contributed by atoms with van der Waals surface area (Å²) >= 11 is 3.37. The van der Waals surface area contributed by atoms with Gasteiger partial charge in [0.1, 0.15) is 0 Å². The van der Waals surface area contributed by atoms with Crippen LogP contribution in [0.2, 0.25) is 0 Å². The summed E-state index contributed by atoms with van der Waals surface area (Å²) in [6, 6.07) is 3.65. The number of carboxylic acid groups (broad SMARTS) is 1. The molecule has 1 fully saturated rings. The third-order valence-electron chi connectivity index (χ3n) is 3.60. The lowest BCUT2D eigenvalue weighted by atomic mass is 9.64. The highest BCUT2D eigenvalue weighted by atomic mass is 79.9. The second kappa shape index (κ2) is 3.63. The molecular formula is C12H11BrO4. The molecule has 0 aromatic heterocycles. The molecule has 1 heterocycles.